The van der Waals surface area contributed by atoms with E-state index in [1.54, 1.807) is 12.3 Å². The summed E-state index contributed by atoms with van der Waals surface area (Å²) in [5, 5.41) is 12.1. The number of nitrogens with zero attached hydrogens (tertiary/aromatic N) is 3. The molecule has 0 aliphatic rings. The van der Waals surface area contributed by atoms with Gasteiger partial charge in [0.15, 0.2) is 0 Å². The fourth-order valence-electron chi connectivity index (χ4n) is 2.93. The zero-order chi connectivity index (χ0) is 18.5. The molecule has 3 heterocycles. The predicted molar refractivity (Wildman–Crippen MR) is 101 cm³/mol. The minimum Gasteiger partial charge on any atom is -0.419 e. The predicted octanol–water partition coefficient (Wildman–Crippen LogP) is 2.90. The number of carbonyl (C=O) groups is 1. The maximum Gasteiger partial charge on any atom is 0.266 e. The van der Waals surface area contributed by atoms with Gasteiger partial charge in [0.1, 0.15) is 5.69 Å². The van der Waals surface area contributed by atoms with E-state index >= 15 is 0 Å². The third kappa shape index (κ3) is 4.03. The van der Waals surface area contributed by atoms with Crippen LogP contribution in [0.3, 0.4) is 0 Å². The number of rotatable bonds is 7. The molecule has 0 aliphatic heterocycles. The molecule has 0 saturated heterocycles. The molecule has 7 heteroatoms. The summed E-state index contributed by atoms with van der Waals surface area (Å²) >= 11 is 0. The summed E-state index contributed by atoms with van der Waals surface area (Å²) in [5.41, 5.74) is 2.93. The van der Waals surface area contributed by atoms with Crippen LogP contribution < -0.4 is 5.32 Å². The lowest BCUT2D eigenvalue weighted by atomic mass is 10.1. The Labute approximate surface area is 155 Å². The van der Waals surface area contributed by atoms with E-state index in [0.29, 0.717) is 36.9 Å². The van der Waals surface area contributed by atoms with Crippen molar-refractivity contribution >= 4 is 16.8 Å². The second-order valence-corrected chi connectivity index (χ2v) is 6.18. The van der Waals surface area contributed by atoms with Crippen LogP contribution in [0.1, 0.15) is 17.9 Å². The van der Waals surface area contributed by atoms with Crippen LogP contribution >= 0.6 is 0 Å². The van der Waals surface area contributed by atoms with Crippen LogP contribution in [0.25, 0.3) is 22.5 Å². The van der Waals surface area contributed by atoms with E-state index < -0.39 is 0 Å². The van der Waals surface area contributed by atoms with E-state index in [-0.39, 0.29) is 5.91 Å². The molecule has 0 spiro atoms. The first-order valence-electron chi connectivity index (χ1n) is 8.85. The number of nitrogens with one attached hydrogen (secondary N) is 2. The highest BCUT2D eigenvalue weighted by Gasteiger charge is 2.11. The molecule has 1 aromatic carbocycles. The van der Waals surface area contributed by atoms with Crippen LogP contribution in [0.2, 0.25) is 0 Å². The van der Waals surface area contributed by atoms with Crippen LogP contribution in [0.15, 0.2) is 59.3 Å². The Morgan fingerprint density at radius 1 is 1.07 bits per heavy atom. The number of H-pyrrole nitrogens is 1. The van der Waals surface area contributed by atoms with Crippen molar-refractivity contribution in [3.8, 4) is 11.6 Å². The molecule has 0 unspecified atom stereocenters. The Morgan fingerprint density at radius 3 is 2.85 bits per heavy atom. The highest BCUT2D eigenvalue weighted by molar-refractivity contribution is 5.83. The van der Waals surface area contributed by atoms with E-state index in [0.717, 1.165) is 11.9 Å². The second-order valence-electron chi connectivity index (χ2n) is 6.18. The number of amides is 1. The first-order chi connectivity index (χ1) is 13.3. The van der Waals surface area contributed by atoms with Gasteiger partial charge in [-0.15, -0.1) is 10.2 Å². The summed E-state index contributed by atoms with van der Waals surface area (Å²) in [6.07, 6.45) is 5.14. The van der Waals surface area contributed by atoms with Crippen molar-refractivity contribution in [3.63, 3.8) is 0 Å². The molecule has 27 heavy (non-hydrogen) atoms. The van der Waals surface area contributed by atoms with E-state index in [4.69, 9.17) is 4.42 Å². The van der Waals surface area contributed by atoms with E-state index in [1.165, 1.54) is 10.9 Å². The fourth-order valence-corrected chi connectivity index (χ4v) is 2.93. The van der Waals surface area contributed by atoms with Crippen molar-refractivity contribution in [2.45, 2.75) is 19.3 Å². The largest absolute Gasteiger partial charge is 0.419 e. The van der Waals surface area contributed by atoms with Crippen LogP contribution in [0, 0.1) is 0 Å². The van der Waals surface area contributed by atoms with Gasteiger partial charge in [-0.2, -0.15) is 0 Å². The second kappa shape index (κ2) is 7.82. The monoisotopic (exact) mass is 361 g/mol. The van der Waals surface area contributed by atoms with Gasteiger partial charge in [-0.1, -0.05) is 24.3 Å². The summed E-state index contributed by atoms with van der Waals surface area (Å²) < 4.78 is 5.56. The van der Waals surface area contributed by atoms with Gasteiger partial charge in [0.05, 0.1) is 0 Å². The van der Waals surface area contributed by atoms with Crippen molar-refractivity contribution in [1.29, 1.82) is 0 Å². The van der Waals surface area contributed by atoms with Gasteiger partial charge < -0.3 is 14.7 Å². The topological polar surface area (TPSA) is 96.7 Å². The van der Waals surface area contributed by atoms with Gasteiger partial charge in [-0.05, 0) is 30.2 Å². The van der Waals surface area contributed by atoms with Crippen LogP contribution in [-0.2, 0) is 17.6 Å². The van der Waals surface area contributed by atoms with E-state index in [9.17, 15) is 4.79 Å². The molecule has 0 aliphatic carbocycles. The lowest BCUT2D eigenvalue weighted by Gasteiger charge is -2.03. The molecule has 2 N–H and O–H groups in total. The number of hydrogen-bond acceptors (Lipinski definition) is 5. The molecule has 0 bridgehead atoms. The molecule has 0 saturated carbocycles. The average Bonchev–Trinajstić information content (AvgIpc) is 3.35. The third-order valence-electron chi connectivity index (χ3n) is 4.31. The number of pyridine rings is 1. The molecule has 0 atom stereocenters. The smallest absolute Gasteiger partial charge is 0.266 e. The Balaban J connectivity index is 1.25. The summed E-state index contributed by atoms with van der Waals surface area (Å²) in [6, 6.07) is 13.6. The van der Waals surface area contributed by atoms with Crippen molar-refractivity contribution in [3.05, 3.63) is 66.3 Å². The molecular formula is C20H19N5O2. The minimum atomic E-state index is -0.0348. The number of para-hydroxylation sites is 1. The number of aryl methyl sites for hydroxylation is 1. The maximum absolute atomic E-state index is 12.1. The lowest BCUT2D eigenvalue weighted by molar-refractivity contribution is -0.121. The number of fused-ring (bicyclic) bond motifs is 1. The first-order valence-corrected chi connectivity index (χ1v) is 8.85. The highest BCUT2D eigenvalue weighted by atomic mass is 16.4. The van der Waals surface area contributed by atoms with Crippen LogP contribution in [0.5, 0.6) is 0 Å². The lowest BCUT2D eigenvalue weighted by Crippen LogP contribution is -2.25. The van der Waals surface area contributed by atoms with Crippen molar-refractivity contribution in [1.82, 2.24) is 25.5 Å². The zero-order valence-corrected chi connectivity index (χ0v) is 14.7. The van der Waals surface area contributed by atoms with Crippen molar-refractivity contribution < 1.29 is 9.21 Å². The minimum absolute atomic E-state index is 0.0348. The van der Waals surface area contributed by atoms with Gasteiger partial charge in [0.2, 0.25) is 11.8 Å². The van der Waals surface area contributed by atoms with Gasteiger partial charge in [-0.25, -0.2) is 0 Å². The third-order valence-corrected chi connectivity index (χ3v) is 4.31. The molecule has 4 rings (SSSR count). The van der Waals surface area contributed by atoms with Crippen molar-refractivity contribution in [2.24, 2.45) is 0 Å². The Kier molecular flexibility index (Phi) is 4.91. The van der Waals surface area contributed by atoms with Crippen molar-refractivity contribution in [2.75, 3.05) is 6.54 Å². The highest BCUT2D eigenvalue weighted by Crippen LogP contribution is 2.18. The van der Waals surface area contributed by atoms with E-state index in [1.807, 2.05) is 36.5 Å². The van der Waals surface area contributed by atoms with Gasteiger partial charge >= 0.3 is 0 Å². The Hall–Kier alpha value is -3.48. The van der Waals surface area contributed by atoms with Gasteiger partial charge in [-0.3, -0.25) is 9.78 Å². The zero-order valence-electron chi connectivity index (χ0n) is 14.7. The molecule has 1 amide bonds. The summed E-state index contributed by atoms with van der Waals surface area (Å²) in [7, 11) is 0. The molecule has 7 nitrogen and oxygen atoms in total. The summed E-state index contributed by atoms with van der Waals surface area (Å²) in [5.74, 6) is 0.764. The van der Waals surface area contributed by atoms with Gasteiger partial charge in [0, 0.05) is 42.7 Å². The van der Waals surface area contributed by atoms with Crippen LogP contribution in [0.4, 0.5) is 0 Å². The normalized spacial score (nSPS) is 11.0. The van der Waals surface area contributed by atoms with Crippen LogP contribution in [-0.4, -0.2) is 32.6 Å². The number of aromatic amines is 1. The number of hydrogen-bond donors (Lipinski definition) is 2. The Bertz CT molecular complexity index is 1040. The average molecular weight is 361 g/mol. The molecule has 3 aromatic heterocycles. The molecule has 0 fully saturated rings. The number of benzene rings is 1. The Morgan fingerprint density at radius 2 is 1.96 bits per heavy atom. The molecular weight excluding hydrogens is 342 g/mol. The number of aromatic nitrogens is 4. The standard InChI is InChI=1S/C20H19N5O2/c26-18(22-12-10-14-13-23-16-6-2-1-5-15(14)16)8-9-19-24-25-20(27-19)17-7-3-4-11-21-17/h1-7,11,13,23H,8-10,12H2,(H,22,26). The maximum atomic E-state index is 12.1. The summed E-state index contributed by atoms with van der Waals surface area (Å²) in [4.78, 5) is 19.5. The molecule has 4 aromatic rings. The molecule has 0 radical (unpaired) electrons. The summed E-state index contributed by atoms with van der Waals surface area (Å²) in [6.45, 7) is 0.587. The fraction of sp³-hybridized carbons (Fsp3) is 0.200. The molecule has 136 valence electrons. The number of carbonyl (C=O) groups excluding carboxylic acids is 1. The van der Waals surface area contributed by atoms with E-state index in [2.05, 4.69) is 31.5 Å². The SMILES string of the molecule is O=C(CCc1nnc(-c2ccccn2)o1)NCCc1c[nH]c2ccccc12. The quantitative estimate of drug-likeness (QED) is 0.527. The van der Waals surface area contributed by atoms with Gasteiger partial charge in [0.25, 0.3) is 5.89 Å². The first kappa shape index (κ1) is 17.0.